The van der Waals surface area contributed by atoms with E-state index in [0.717, 1.165) is 11.1 Å². The van der Waals surface area contributed by atoms with E-state index in [2.05, 4.69) is 20.5 Å². The third-order valence-corrected chi connectivity index (χ3v) is 3.99. The van der Waals surface area contributed by atoms with Gasteiger partial charge in [-0.25, -0.2) is 4.98 Å². The average Bonchev–Trinajstić information content (AvgIpc) is 3.18. The van der Waals surface area contributed by atoms with Crippen molar-refractivity contribution in [3.63, 3.8) is 0 Å². The molecule has 0 bridgehead atoms. The first kappa shape index (κ1) is 17.4. The van der Waals surface area contributed by atoms with Crippen LogP contribution in [0.4, 0.5) is 6.01 Å². The molecule has 4 rings (SSSR count). The molecule has 1 N–H and O–H groups in total. The number of ether oxygens (including phenoxy) is 1. The highest BCUT2D eigenvalue weighted by molar-refractivity contribution is 6.02. The fourth-order valence-corrected chi connectivity index (χ4v) is 2.55. The van der Waals surface area contributed by atoms with Gasteiger partial charge < -0.3 is 9.15 Å². The second-order valence-corrected chi connectivity index (χ2v) is 5.98. The molecular weight excluding hydrogens is 356 g/mol. The van der Waals surface area contributed by atoms with Gasteiger partial charge in [-0.2, -0.15) is 0 Å². The van der Waals surface area contributed by atoms with Crippen LogP contribution in [0, 0.1) is 6.92 Å². The minimum atomic E-state index is -0.404. The molecule has 0 saturated heterocycles. The van der Waals surface area contributed by atoms with Crippen LogP contribution in [0.15, 0.2) is 77.3 Å². The number of rotatable bonds is 5. The Balaban J connectivity index is 1.43. The zero-order valence-electron chi connectivity index (χ0n) is 15.0. The maximum atomic E-state index is 12.4. The van der Waals surface area contributed by atoms with Gasteiger partial charge in [0.15, 0.2) is 0 Å². The number of anilines is 1. The molecule has 4 aromatic rings. The molecule has 7 heteroatoms. The molecule has 0 atom stereocenters. The zero-order chi connectivity index (χ0) is 19.3. The fourth-order valence-electron chi connectivity index (χ4n) is 2.55. The van der Waals surface area contributed by atoms with E-state index in [4.69, 9.17) is 9.15 Å². The van der Waals surface area contributed by atoms with Crippen molar-refractivity contribution in [2.75, 3.05) is 5.32 Å². The monoisotopic (exact) mass is 372 g/mol. The largest absolute Gasteiger partial charge is 0.439 e. The van der Waals surface area contributed by atoms with E-state index in [1.54, 1.807) is 12.1 Å². The standard InChI is InChI=1S/C21H16N4O3/c1-14-7-5-6-10-17(14)20-24-25-21(28-20)23-19(26)15-11-12-18(22-13-15)27-16-8-3-2-4-9-16/h2-13H,1H3,(H,23,25,26). The number of benzene rings is 2. The number of hydrogen-bond acceptors (Lipinski definition) is 6. The Morgan fingerprint density at radius 1 is 0.964 bits per heavy atom. The number of pyridine rings is 1. The molecule has 0 aliphatic rings. The quantitative estimate of drug-likeness (QED) is 0.555. The lowest BCUT2D eigenvalue weighted by Crippen LogP contribution is -2.12. The number of nitrogens with zero attached hydrogens (tertiary/aromatic N) is 3. The second kappa shape index (κ2) is 7.71. The van der Waals surface area contributed by atoms with Gasteiger partial charge in [0.2, 0.25) is 11.8 Å². The molecule has 0 aliphatic carbocycles. The molecule has 138 valence electrons. The van der Waals surface area contributed by atoms with Crippen LogP contribution in [-0.2, 0) is 0 Å². The summed E-state index contributed by atoms with van der Waals surface area (Å²) in [5, 5.41) is 10.4. The van der Waals surface area contributed by atoms with Crippen LogP contribution in [0.2, 0.25) is 0 Å². The molecule has 0 aliphatic heterocycles. The molecule has 28 heavy (non-hydrogen) atoms. The normalized spacial score (nSPS) is 10.5. The van der Waals surface area contributed by atoms with Crippen molar-refractivity contribution in [2.45, 2.75) is 6.92 Å². The topological polar surface area (TPSA) is 90.1 Å². The Morgan fingerprint density at radius 3 is 2.50 bits per heavy atom. The maximum absolute atomic E-state index is 12.4. The smallest absolute Gasteiger partial charge is 0.322 e. The van der Waals surface area contributed by atoms with E-state index in [0.29, 0.717) is 23.1 Å². The lowest BCUT2D eigenvalue weighted by molar-refractivity contribution is 0.102. The van der Waals surface area contributed by atoms with Crippen molar-refractivity contribution in [2.24, 2.45) is 0 Å². The third-order valence-electron chi connectivity index (χ3n) is 3.99. The van der Waals surface area contributed by atoms with Crippen molar-refractivity contribution in [3.8, 4) is 23.1 Å². The van der Waals surface area contributed by atoms with Crippen LogP contribution in [0.1, 0.15) is 15.9 Å². The van der Waals surface area contributed by atoms with E-state index < -0.39 is 5.91 Å². The minimum Gasteiger partial charge on any atom is -0.439 e. The van der Waals surface area contributed by atoms with Gasteiger partial charge >= 0.3 is 6.01 Å². The second-order valence-electron chi connectivity index (χ2n) is 5.98. The first-order valence-electron chi connectivity index (χ1n) is 8.59. The van der Waals surface area contributed by atoms with Gasteiger partial charge in [0.1, 0.15) is 5.75 Å². The highest BCUT2D eigenvalue weighted by Crippen LogP contribution is 2.23. The van der Waals surface area contributed by atoms with Crippen molar-refractivity contribution >= 4 is 11.9 Å². The minimum absolute atomic E-state index is 0.0212. The van der Waals surface area contributed by atoms with Gasteiger partial charge in [0, 0.05) is 17.8 Å². The third kappa shape index (κ3) is 3.88. The van der Waals surface area contributed by atoms with Crippen molar-refractivity contribution in [1.82, 2.24) is 15.2 Å². The first-order chi connectivity index (χ1) is 13.7. The van der Waals surface area contributed by atoms with Crippen molar-refractivity contribution < 1.29 is 13.9 Å². The van der Waals surface area contributed by atoms with Gasteiger partial charge in [0.05, 0.1) is 5.56 Å². The van der Waals surface area contributed by atoms with E-state index >= 15 is 0 Å². The number of carbonyl (C=O) groups excluding carboxylic acids is 1. The number of amides is 1. The zero-order valence-corrected chi connectivity index (χ0v) is 15.0. The summed E-state index contributed by atoms with van der Waals surface area (Å²) in [6.45, 7) is 1.95. The Morgan fingerprint density at radius 2 is 1.75 bits per heavy atom. The highest BCUT2D eigenvalue weighted by atomic mass is 16.5. The van der Waals surface area contributed by atoms with E-state index in [-0.39, 0.29) is 6.01 Å². The number of carbonyl (C=O) groups is 1. The molecule has 7 nitrogen and oxygen atoms in total. The van der Waals surface area contributed by atoms with Gasteiger partial charge in [-0.05, 0) is 36.8 Å². The predicted molar refractivity (Wildman–Crippen MR) is 103 cm³/mol. The van der Waals surface area contributed by atoms with Crippen LogP contribution in [0.5, 0.6) is 11.6 Å². The van der Waals surface area contributed by atoms with Gasteiger partial charge in [0.25, 0.3) is 5.91 Å². The number of aromatic nitrogens is 3. The Kier molecular flexibility index (Phi) is 4.79. The summed E-state index contributed by atoms with van der Waals surface area (Å²) in [5.74, 6) is 1.00. The van der Waals surface area contributed by atoms with E-state index in [1.807, 2.05) is 61.5 Å². The molecule has 0 unspecified atom stereocenters. The average molecular weight is 372 g/mol. The van der Waals surface area contributed by atoms with Gasteiger partial charge in [-0.15, -0.1) is 5.10 Å². The Bertz CT molecular complexity index is 1090. The number of para-hydroxylation sites is 1. The van der Waals surface area contributed by atoms with E-state index in [1.165, 1.54) is 6.20 Å². The summed E-state index contributed by atoms with van der Waals surface area (Å²) in [5.41, 5.74) is 2.16. The summed E-state index contributed by atoms with van der Waals surface area (Å²) in [4.78, 5) is 16.5. The summed E-state index contributed by atoms with van der Waals surface area (Å²) in [6.07, 6.45) is 1.42. The summed E-state index contributed by atoms with van der Waals surface area (Å²) >= 11 is 0. The highest BCUT2D eigenvalue weighted by Gasteiger charge is 2.14. The van der Waals surface area contributed by atoms with Crippen LogP contribution in [-0.4, -0.2) is 21.1 Å². The van der Waals surface area contributed by atoms with Crippen LogP contribution >= 0.6 is 0 Å². The van der Waals surface area contributed by atoms with Crippen molar-refractivity contribution in [3.05, 3.63) is 84.1 Å². The summed E-state index contributed by atoms with van der Waals surface area (Å²) in [7, 11) is 0. The SMILES string of the molecule is Cc1ccccc1-c1nnc(NC(=O)c2ccc(Oc3ccccc3)nc2)o1. The number of hydrogen-bond donors (Lipinski definition) is 1. The van der Waals surface area contributed by atoms with Crippen LogP contribution < -0.4 is 10.1 Å². The number of nitrogens with one attached hydrogen (secondary N) is 1. The Labute approximate surface area is 161 Å². The molecule has 0 saturated carbocycles. The molecule has 2 aromatic carbocycles. The predicted octanol–water partition coefficient (Wildman–Crippen LogP) is 4.48. The maximum Gasteiger partial charge on any atom is 0.322 e. The first-order valence-corrected chi connectivity index (χ1v) is 8.59. The lowest BCUT2D eigenvalue weighted by Gasteiger charge is -2.05. The molecule has 0 radical (unpaired) electrons. The van der Waals surface area contributed by atoms with Crippen molar-refractivity contribution in [1.29, 1.82) is 0 Å². The molecular formula is C21H16N4O3. The Hall–Kier alpha value is -4.00. The summed E-state index contributed by atoms with van der Waals surface area (Å²) in [6, 6.07) is 20.2. The number of aryl methyl sites for hydroxylation is 1. The molecule has 0 fully saturated rings. The van der Waals surface area contributed by atoms with Gasteiger partial charge in [-0.3, -0.25) is 10.1 Å². The fraction of sp³-hybridized carbons (Fsp3) is 0.0476. The van der Waals surface area contributed by atoms with E-state index in [9.17, 15) is 4.79 Å². The molecule has 1 amide bonds. The van der Waals surface area contributed by atoms with Gasteiger partial charge in [-0.1, -0.05) is 41.5 Å². The molecule has 2 heterocycles. The van der Waals surface area contributed by atoms with Crippen LogP contribution in [0.3, 0.4) is 0 Å². The van der Waals surface area contributed by atoms with Crippen LogP contribution in [0.25, 0.3) is 11.5 Å². The lowest BCUT2D eigenvalue weighted by atomic mass is 10.1. The summed E-state index contributed by atoms with van der Waals surface area (Å²) < 4.78 is 11.2. The molecule has 2 aromatic heterocycles. The molecule has 0 spiro atoms.